The van der Waals surface area contributed by atoms with Crippen LogP contribution >= 0.6 is 0 Å². The Morgan fingerprint density at radius 2 is 1.00 bits per heavy atom. The van der Waals surface area contributed by atoms with Gasteiger partial charge in [0.1, 0.15) is 0 Å². The predicted octanol–water partition coefficient (Wildman–Crippen LogP) is 5.07. The second kappa shape index (κ2) is 6.86. The van der Waals surface area contributed by atoms with Gasteiger partial charge in [-0.1, -0.05) is 72.3 Å². The van der Waals surface area contributed by atoms with E-state index in [1.165, 1.54) is 0 Å². The molecule has 0 bridgehead atoms. The molecule has 0 heterocycles. The first kappa shape index (κ1) is 16.8. The quantitative estimate of drug-likeness (QED) is 0.626. The minimum Gasteiger partial charge on any atom is -0.289 e. The van der Waals surface area contributed by atoms with Gasteiger partial charge in [0, 0.05) is 22.3 Å². The molecular weight excluding hydrogens is 308 g/mol. The molecule has 0 saturated carbocycles. The Bertz CT molecular complexity index is 936. The fourth-order valence-electron chi connectivity index (χ4n) is 2.92. The molecule has 0 aromatic heterocycles. The Hall–Kier alpha value is -3.00. The molecule has 25 heavy (non-hydrogen) atoms. The second-order valence-corrected chi connectivity index (χ2v) is 6.30. The molecule has 0 spiro atoms. The Balaban J connectivity index is 1.99. The van der Waals surface area contributed by atoms with Crippen molar-refractivity contribution in [2.24, 2.45) is 0 Å². The Kier molecular flexibility index (Phi) is 4.62. The summed E-state index contributed by atoms with van der Waals surface area (Å²) in [5.41, 5.74) is 5.43. The Labute approximate surface area is 148 Å². The van der Waals surface area contributed by atoms with E-state index in [9.17, 15) is 9.59 Å². The zero-order valence-electron chi connectivity index (χ0n) is 14.7. The number of aryl methyl sites for hydroxylation is 1. The lowest BCUT2D eigenvalue weighted by Gasteiger charge is -2.12. The predicted molar refractivity (Wildman–Crippen MR) is 100 cm³/mol. The molecule has 3 rings (SSSR count). The molecule has 0 atom stereocenters. The summed E-state index contributed by atoms with van der Waals surface area (Å²) < 4.78 is 0. The second-order valence-electron chi connectivity index (χ2n) is 6.30. The van der Waals surface area contributed by atoms with Crippen LogP contribution in [-0.4, -0.2) is 11.6 Å². The van der Waals surface area contributed by atoms with E-state index in [0.29, 0.717) is 22.3 Å². The summed E-state index contributed by atoms with van der Waals surface area (Å²) in [6, 6.07) is 20.3. The summed E-state index contributed by atoms with van der Waals surface area (Å²) in [6.07, 6.45) is 0. The average molecular weight is 328 g/mol. The maximum absolute atomic E-state index is 12.8. The van der Waals surface area contributed by atoms with E-state index >= 15 is 0 Å². The van der Waals surface area contributed by atoms with E-state index < -0.39 is 0 Å². The molecule has 0 unspecified atom stereocenters. The van der Waals surface area contributed by atoms with Crippen LogP contribution in [0.15, 0.2) is 66.7 Å². The van der Waals surface area contributed by atoms with Crippen molar-refractivity contribution in [2.75, 3.05) is 0 Å². The summed E-state index contributed by atoms with van der Waals surface area (Å²) in [4.78, 5) is 25.5. The lowest BCUT2D eigenvalue weighted by Crippen LogP contribution is -2.10. The van der Waals surface area contributed by atoms with Crippen LogP contribution in [0.2, 0.25) is 0 Å². The van der Waals surface area contributed by atoms with Gasteiger partial charge in [-0.25, -0.2) is 0 Å². The van der Waals surface area contributed by atoms with Gasteiger partial charge in [0.05, 0.1) is 0 Å². The van der Waals surface area contributed by atoms with Crippen molar-refractivity contribution in [2.45, 2.75) is 20.8 Å². The molecule has 0 radical (unpaired) electrons. The fraction of sp³-hybridized carbons (Fsp3) is 0.130. The Morgan fingerprint density at radius 3 is 1.48 bits per heavy atom. The summed E-state index contributed by atoms with van der Waals surface area (Å²) >= 11 is 0. The van der Waals surface area contributed by atoms with Gasteiger partial charge in [0.25, 0.3) is 0 Å². The number of ketones is 2. The summed E-state index contributed by atoms with van der Waals surface area (Å²) in [7, 11) is 0. The van der Waals surface area contributed by atoms with Crippen LogP contribution in [-0.2, 0) is 0 Å². The SMILES string of the molecule is Cc1ccc(C(=O)c2ccc(C(=O)c3ccccc3)c(C)c2C)cc1. The zero-order chi connectivity index (χ0) is 18.0. The summed E-state index contributed by atoms with van der Waals surface area (Å²) in [6.45, 7) is 5.80. The molecule has 0 saturated heterocycles. The summed E-state index contributed by atoms with van der Waals surface area (Å²) in [5, 5.41) is 0. The van der Waals surface area contributed by atoms with Gasteiger partial charge in [0.2, 0.25) is 0 Å². The maximum Gasteiger partial charge on any atom is 0.193 e. The smallest absolute Gasteiger partial charge is 0.193 e. The van der Waals surface area contributed by atoms with Crippen molar-refractivity contribution in [1.82, 2.24) is 0 Å². The normalized spacial score (nSPS) is 10.5. The lowest BCUT2D eigenvalue weighted by molar-refractivity contribution is 0.102. The number of benzene rings is 3. The van der Waals surface area contributed by atoms with E-state index in [0.717, 1.165) is 16.7 Å². The van der Waals surface area contributed by atoms with E-state index in [2.05, 4.69) is 0 Å². The van der Waals surface area contributed by atoms with E-state index in [-0.39, 0.29) is 11.6 Å². The average Bonchev–Trinajstić information content (AvgIpc) is 2.64. The third-order valence-corrected chi connectivity index (χ3v) is 4.63. The van der Waals surface area contributed by atoms with E-state index in [1.54, 1.807) is 12.1 Å². The first-order valence-electron chi connectivity index (χ1n) is 8.30. The fourth-order valence-corrected chi connectivity index (χ4v) is 2.92. The molecule has 0 amide bonds. The molecule has 0 N–H and O–H groups in total. The third-order valence-electron chi connectivity index (χ3n) is 4.63. The molecule has 3 aromatic carbocycles. The summed E-state index contributed by atoms with van der Waals surface area (Å²) in [5.74, 6) is -0.0326. The van der Waals surface area contributed by atoms with E-state index in [1.807, 2.05) is 75.4 Å². The van der Waals surface area contributed by atoms with Gasteiger partial charge >= 0.3 is 0 Å². The van der Waals surface area contributed by atoms with Gasteiger partial charge in [-0.3, -0.25) is 9.59 Å². The highest BCUT2D eigenvalue weighted by molar-refractivity contribution is 6.13. The topological polar surface area (TPSA) is 34.1 Å². The molecule has 3 aromatic rings. The van der Waals surface area contributed by atoms with Gasteiger partial charge in [-0.05, 0) is 31.9 Å². The van der Waals surface area contributed by atoms with Crippen molar-refractivity contribution in [3.63, 3.8) is 0 Å². The molecule has 0 aliphatic rings. The van der Waals surface area contributed by atoms with Gasteiger partial charge in [0.15, 0.2) is 11.6 Å². The zero-order valence-corrected chi connectivity index (χ0v) is 14.7. The number of carbonyl (C=O) groups excluding carboxylic acids is 2. The number of hydrogen-bond acceptors (Lipinski definition) is 2. The van der Waals surface area contributed by atoms with Crippen LogP contribution in [0.1, 0.15) is 48.5 Å². The van der Waals surface area contributed by atoms with Gasteiger partial charge in [-0.2, -0.15) is 0 Å². The molecule has 0 aliphatic heterocycles. The first-order chi connectivity index (χ1) is 12.0. The van der Waals surface area contributed by atoms with Gasteiger partial charge in [-0.15, -0.1) is 0 Å². The molecular formula is C23H20O2. The molecule has 124 valence electrons. The first-order valence-corrected chi connectivity index (χ1v) is 8.30. The monoisotopic (exact) mass is 328 g/mol. The van der Waals surface area contributed by atoms with Crippen LogP contribution in [0.3, 0.4) is 0 Å². The molecule has 0 aliphatic carbocycles. The third kappa shape index (κ3) is 3.29. The number of carbonyl (C=O) groups is 2. The van der Waals surface area contributed by atoms with Crippen LogP contribution < -0.4 is 0 Å². The van der Waals surface area contributed by atoms with Crippen LogP contribution in [0.4, 0.5) is 0 Å². The van der Waals surface area contributed by atoms with Crippen molar-refractivity contribution >= 4 is 11.6 Å². The minimum absolute atomic E-state index is 0.0145. The van der Waals surface area contributed by atoms with E-state index in [4.69, 9.17) is 0 Å². The van der Waals surface area contributed by atoms with Crippen LogP contribution in [0, 0.1) is 20.8 Å². The highest BCUT2D eigenvalue weighted by Crippen LogP contribution is 2.23. The number of rotatable bonds is 4. The van der Waals surface area contributed by atoms with Crippen molar-refractivity contribution in [1.29, 1.82) is 0 Å². The largest absolute Gasteiger partial charge is 0.289 e. The molecule has 2 heteroatoms. The van der Waals surface area contributed by atoms with Crippen molar-refractivity contribution in [3.8, 4) is 0 Å². The van der Waals surface area contributed by atoms with Crippen molar-refractivity contribution in [3.05, 3.63) is 106 Å². The molecule has 2 nitrogen and oxygen atoms in total. The molecule has 0 fully saturated rings. The lowest BCUT2D eigenvalue weighted by atomic mass is 9.90. The Morgan fingerprint density at radius 1 is 0.560 bits per heavy atom. The van der Waals surface area contributed by atoms with Crippen molar-refractivity contribution < 1.29 is 9.59 Å². The standard InChI is InChI=1S/C23H20O2/c1-15-9-11-19(12-10-15)23(25)21-14-13-20(16(2)17(21)3)22(24)18-7-5-4-6-8-18/h4-14H,1-3H3. The van der Waals surface area contributed by atoms with Gasteiger partial charge < -0.3 is 0 Å². The highest BCUT2D eigenvalue weighted by Gasteiger charge is 2.18. The highest BCUT2D eigenvalue weighted by atomic mass is 16.1. The number of hydrogen-bond donors (Lipinski definition) is 0. The van der Waals surface area contributed by atoms with Crippen LogP contribution in [0.25, 0.3) is 0 Å². The van der Waals surface area contributed by atoms with Crippen LogP contribution in [0.5, 0.6) is 0 Å². The minimum atomic E-state index is -0.0180. The maximum atomic E-state index is 12.8.